The van der Waals surface area contributed by atoms with E-state index in [1.54, 1.807) is 54.6 Å². The minimum absolute atomic E-state index is 0.0517. The van der Waals surface area contributed by atoms with Crippen LogP contribution in [-0.4, -0.2) is 23.3 Å². The fourth-order valence-corrected chi connectivity index (χ4v) is 8.07. The number of ketones is 1. The van der Waals surface area contributed by atoms with E-state index in [9.17, 15) is 18.3 Å². The van der Waals surface area contributed by atoms with Gasteiger partial charge in [-0.05, 0) is 30.7 Å². The van der Waals surface area contributed by atoms with Crippen LogP contribution in [0.3, 0.4) is 0 Å². The number of carbonyl (C=O) groups excluding carboxylic acids is 1. The fraction of sp³-hybridized carbons (Fsp3) is 0.129. The first-order valence-corrected chi connectivity index (χ1v) is 13.6. The van der Waals surface area contributed by atoms with Gasteiger partial charge < -0.3 is 5.11 Å². The van der Waals surface area contributed by atoms with E-state index in [2.05, 4.69) is 0 Å². The molecule has 0 fully saturated rings. The van der Waals surface area contributed by atoms with Crippen LogP contribution in [0, 0.1) is 6.92 Å². The molecule has 1 aromatic heterocycles. The molecule has 0 spiro atoms. The van der Waals surface area contributed by atoms with E-state index in [0.29, 0.717) is 38.9 Å². The Morgan fingerprint density at radius 2 is 1.46 bits per heavy atom. The molecule has 2 atom stereocenters. The van der Waals surface area contributed by atoms with Crippen molar-refractivity contribution in [3.05, 3.63) is 137 Å². The minimum Gasteiger partial charge on any atom is -0.379 e. The van der Waals surface area contributed by atoms with Crippen LogP contribution in [0.5, 0.6) is 0 Å². The predicted octanol–water partition coefficient (Wildman–Crippen LogP) is 5.11. The van der Waals surface area contributed by atoms with Crippen LogP contribution in [0.25, 0.3) is 10.9 Å². The Hall–Kier alpha value is -4.00. The molecule has 0 amide bonds. The van der Waals surface area contributed by atoms with Gasteiger partial charge in [0, 0.05) is 34.2 Å². The topological polar surface area (TPSA) is 76.4 Å². The van der Waals surface area contributed by atoms with Gasteiger partial charge in [-0.2, -0.15) is 0 Å². The number of fused-ring (bicyclic) bond motifs is 7. The summed E-state index contributed by atoms with van der Waals surface area (Å²) in [6.45, 7) is 1.91. The molecule has 0 saturated carbocycles. The van der Waals surface area contributed by atoms with E-state index in [4.69, 9.17) is 0 Å². The Labute approximate surface area is 214 Å². The van der Waals surface area contributed by atoms with Gasteiger partial charge in [0.15, 0.2) is 5.78 Å². The Bertz CT molecular complexity index is 1860. The number of hydrogen-bond donors (Lipinski definition) is 1. The third-order valence-electron chi connectivity index (χ3n) is 8.11. The lowest BCUT2D eigenvalue weighted by atomic mass is 9.67. The Kier molecular flexibility index (Phi) is 4.37. The second-order valence-electron chi connectivity index (χ2n) is 9.95. The number of aliphatic hydroxyl groups is 1. The smallest absolute Gasteiger partial charge is 0.268 e. The van der Waals surface area contributed by atoms with E-state index in [1.165, 1.54) is 3.97 Å². The second-order valence-corrected chi connectivity index (χ2v) is 11.7. The third kappa shape index (κ3) is 2.56. The van der Waals surface area contributed by atoms with Crippen molar-refractivity contribution in [1.29, 1.82) is 0 Å². The van der Waals surface area contributed by atoms with Crippen molar-refractivity contribution in [3.8, 4) is 0 Å². The molecule has 2 aliphatic rings. The molecule has 0 unspecified atom stereocenters. The molecule has 0 aliphatic heterocycles. The molecule has 6 heteroatoms. The third-order valence-corrected chi connectivity index (χ3v) is 9.88. The molecular weight excluding hydrogens is 482 g/mol. The first-order valence-electron chi connectivity index (χ1n) is 12.2. The van der Waals surface area contributed by atoms with E-state index < -0.39 is 21.0 Å². The summed E-state index contributed by atoms with van der Waals surface area (Å²) in [6, 6.07) is 30.4. The van der Waals surface area contributed by atoms with E-state index >= 15 is 0 Å². The lowest BCUT2D eigenvalue weighted by molar-refractivity contribution is 0.0218. The maximum Gasteiger partial charge on any atom is 0.268 e. The molecule has 1 heterocycles. The van der Waals surface area contributed by atoms with Gasteiger partial charge in [-0.1, -0.05) is 90.5 Å². The largest absolute Gasteiger partial charge is 0.379 e. The molecule has 0 radical (unpaired) electrons. The number of Topliss-reactive ketones (excluding diaryl/α,β-unsaturated/α-hetero) is 1. The van der Waals surface area contributed by atoms with Crippen LogP contribution in [0.4, 0.5) is 0 Å². The van der Waals surface area contributed by atoms with Crippen molar-refractivity contribution < 1.29 is 18.3 Å². The van der Waals surface area contributed by atoms with Crippen LogP contribution >= 0.6 is 0 Å². The van der Waals surface area contributed by atoms with Crippen molar-refractivity contribution in [1.82, 2.24) is 3.97 Å². The monoisotopic (exact) mass is 505 g/mol. The Morgan fingerprint density at radius 1 is 0.811 bits per heavy atom. The quantitative estimate of drug-likeness (QED) is 0.370. The summed E-state index contributed by atoms with van der Waals surface area (Å²) in [5.74, 6) is -0.198. The highest BCUT2D eigenvalue weighted by atomic mass is 32.2. The van der Waals surface area contributed by atoms with Crippen molar-refractivity contribution in [2.75, 3.05) is 0 Å². The number of carbonyl (C=O) groups is 1. The van der Waals surface area contributed by atoms with Crippen LogP contribution in [0.1, 0.15) is 38.3 Å². The van der Waals surface area contributed by atoms with Crippen LogP contribution in [-0.2, 0) is 27.5 Å². The zero-order valence-electron chi connectivity index (χ0n) is 20.0. The van der Waals surface area contributed by atoms with Gasteiger partial charge in [0.1, 0.15) is 11.0 Å². The predicted molar refractivity (Wildman–Crippen MR) is 141 cm³/mol. The number of nitrogens with zero attached hydrogens (tertiary/aromatic N) is 1. The van der Waals surface area contributed by atoms with E-state index in [1.807, 2.05) is 55.5 Å². The maximum atomic E-state index is 14.3. The molecule has 5 nitrogen and oxygen atoms in total. The average Bonchev–Trinajstić information content (AvgIpc) is 3.46. The summed E-state index contributed by atoms with van der Waals surface area (Å²) in [5, 5.41) is 13.5. The number of aryl methyl sites for hydroxylation is 1. The molecular formula is C31H23NO4S. The summed E-state index contributed by atoms with van der Waals surface area (Å²) in [4.78, 5) is 14.4. The molecule has 37 heavy (non-hydrogen) atoms. The molecule has 1 N–H and O–H groups in total. The molecule has 2 aliphatic carbocycles. The normalized spacial score (nSPS) is 22.2. The number of hydrogen-bond acceptors (Lipinski definition) is 4. The highest BCUT2D eigenvalue weighted by molar-refractivity contribution is 7.90. The van der Waals surface area contributed by atoms with Crippen molar-refractivity contribution in [3.63, 3.8) is 0 Å². The summed E-state index contributed by atoms with van der Waals surface area (Å²) < 4.78 is 29.7. The number of para-hydroxylation sites is 1. The summed E-state index contributed by atoms with van der Waals surface area (Å²) in [7, 11) is -4.03. The molecule has 5 aromatic rings. The Morgan fingerprint density at radius 3 is 2.22 bits per heavy atom. The van der Waals surface area contributed by atoms with Gasteiger partial charge in [-0.15, -0.1) is 0 Å². The van der Waals surface area contributed by atoms with E-state index in [0.717, 1.165) is 5.56 Å². The van der Waals surface area contributed by atoms with Gasteiger partial charge in [0.25, 0.3) is 10.0 Å². The van der Waals surface area contributed by atoms with Gasteiger partial charge in [-0.25, -0.2) is 12.4 Å². The molecule has 182 valence electrons. The highest BCUT2D eigenvalue weighted by Gasteiger charge is 2.70. The van der Waals surface area contributed by atoms with Crippen LogP contribution in [0.2, 0.25) is 0 Å². The highest BCUT2D eigenvalue weighted by Crippen LogP contribution is 2.63. The van der Waals surface area contributed by atoms with Crippen LogP contribution < -0.4 is 0 Å². The van der Waals surface area contributed by atoms with Gasteiger partial charge in [0.05, 0.1) is 10.4 Å². The maximum absolute atomic E-state index is 14.3. The van der Waals surface area contributed by atoms with Crippen molar-refractivity contribution >= 4 is 26.7 Å². The molecule has 0 bridgehead atoms. The minimum atomic E-state index is -4.03. The fourth-order valence-electron chi connectivity index (χ4n) is 6.51. The summed E-state index contributed by atoms with van der Waals surface area (Å²) in [5.41, 5.74) is 0.907. The van der Waals surface area contributed by atoms with Crippen molar-refractivity contribution in [2.45, 2.75) is 29.3 Å². The summed E-state index contributed by atoms with van der Waals surface area (Å²) >= 11 is 0. The first kappa shape index (κ1) is 22.2. The average molecular weight is 506 g/mol. The SMILES string of the molecule is Cc1ccc(S(=O)(=O)n2c3c(c4ccccc42)[C@]2(O)c4ccccc4C(=O)[C@]2(c2ccccc2)C3)cc1. The lowest BCUT2D eigenvalue weighted by Crippen LogP contribution is -2.47. The number of aromatic nitrogens is 1. The molecule has 0 saturated heterocycles. The molecule has 4 aromatic carbocycles. The van der Waals surface area contributed by atoms with Crippen molar-refractivity contribution in [2.24, 2.45) is 0 Å². The first-order chi connectivity index (χ1) is 17.8. The number of benzene rings is 4. The molecule has 7 rings (SSSR count). The van der Waals surface area contributed by atoms with Gasteiger partial charge in [-0.3, -0.25) is 4.79 Å². The lowest BCUT2D eigenvalue weighted by Gasteiger charge is -2.37. The second kappa shape index (κ2) is 7.28. The van der Waals surface area contributed by atoms with Gasteiger partial charge >= 0.3 is 0 Å². The zero-order chi connectivity index (χ0) is 25.6. The summed E-state index contributed by atoms with van der Waals surface area (Å²) in [6.07, 6.45) is 0.0517. The van der Waals surface area contributed by atoms with E-state index in [-0.39, 0.29) is 17.1 Å². The van der Waals surface area contributed by atoms with Crippen LogP contribution in [0.15, 0.2) is 108 Å². The zero-order valence-corrected chi connectivity index (χ0v) is 20.9. The number of rotatable bonds is 3. The standard InChI is InChI=1S/C31H23NO4S/c1-20-15-17-22(18-16-20)37(35,36)32-26-14-8-6-12-24(26)28-27(32)19-30(21-9-3-2-4-10-21)29(33)23-11-5-7-13-25(23)31(28,30)34/h2-18,34H,19H2,1H3/t30-,31-/m1/s1. The Balaban J connectivity index is 1.62. The van der Waals surface area contributed by atoms with Gasteiger partial charge in [0.2, 0.25) is 0 Å².